The lowest BCUT2D eigenvalue weighted by atomic mass is 9.71. The Balaban J connectivity index is 2.07. The second-order valence-electron chi connectivity index (χ2n) is 7.03. The molecule has 1 saturated carbocycles. The topological polar surface area (TPSA) is 59.2 Å². The Hall–Kier alpha value is -0.940. The van der Waals surface area contributed by atoms with E-state index in [9.17, 15) is 4.79 Å². The maximum atomic E-state index is 12.8. The quantitative estimate of drug-likeness (QED) is 0.858. The standard InChI is InChI=1S/C18H31N3OS/c1-5-15-20-13(2)17(23-15)14(3)21(4)16(22)11-18(12-19)9-7-6-8-10-18/h14H,5-12,19H2,1-4H3. The van der Waals surface area contributed by atoms with E-state index in [4.69, 9.17) is 5.73 Å². The van der Waals surface area contributed by atoms with Gasteiger partial charge in [-0.3, -0.25) is 4.79 Å². The largest absolute Gasteiger partial charge is 0.338 e. The summed E-state index contributed by atoms with van der Waals surface area (Å²) in [6, 6.07) is 0.0821. The molecule has 1 unspecified atom stereocenters. The van der Waals surface area contributed by atoms with Crippen molar-refractivity contribution in [2.75, 3.05) is 13.6 Å². The molecule has 1 amide bonds. The van der Waals surface area contributed by atoms with Crippen LogP contribution in [0.1, 0.15) is 74.0 Å². The molecule has 130 valence electrons. The number of nitrogens with two attached hydrogens (primary N) is 1. The van der Waals surface area contributed by atoms with Gasteiger partial charge in [-0.05, 0) is 45.1 Å². The van der Waals surface area contributed by atoms with Gasteiger partial charge >= 0.3 is 0 Å². The van der Waals surface area contributed by atoms with Crippen molar-refractivity contribution < 1.29 is 4.79 Å². The van der Waals surface area contributed by atoms with Crippen molar-refractivity contribution in [1.82, 2.24) is 9.88 Å². The van der Waals surface area contributed by atoms with Crippen molar-refractivity contribution in [1.29, 1.82) is 0 Å². The Labute approximate surface area is 144 Å². The number of aromatic nitrogens is 1. The lowest BCUT2D eigenvalue weighted by Crippen LogP contribution is -2.40. The fourth-order valence-electron chi connectivity index (χ4n) is 3.60. The van der Waals surface area contributed by atoms with Gasteiger partial charge in [-0.15, -0.1) is 11.3 Å². The average molecular weight is 338 g/mol. The molecule has 0 radical (unpaired) electrons. The molecule has 2 rings (SSSR count). The predicted octanol–water partition coefficient (Wildman–Crippen LogP) is 3.83. The van der Waals surface area contributed by atoms with E-state index in [2.05, 4.69) is 18.8 Å². The van der Waals surface area contributed by atoms with Crippen molar-refractivity contribution in [2.45, 2.75) is 71.8 Å². The number of amides is 1. The first-order chi connectivity index (χ1) is 10.9. The van der Waals surface area contributed by atoms with Crippen LogP contribution in [-0.2, 0) is 11.2 Å². The van der Waals surface area contributed by atoms with Gasteiger partial charge in [0.25, 0.3) is 0 Å². The van der Waals surface area contributed by atoms with Crippen molar-refractivity contribution in [3.63, 3.8) is 0 Å². The molecule has 1 atom stereocenters. The molecule has 0 aliphatic heterocycles. The monoisotopic (exact) mass is 337 g/mol. The Bertz CT molecular complexity index is 534. The Morgan fingerprint density at radius 3 is 2.57 bits per heavy atom. The van der Waals surface area contributed by atoms with Crippen LogP contribution in [-0.4, -0.2) is 29.4 Å². The fraction of sp³-hybridized carbons (Fsp3) is 0.778. The third kappa shape index (κ3) is 4.13. The summed E-state index contributed by atoms with van der Waals surface area (Å²) in [7, 11) is 1.92. The van der Waals surface area contributed by atoms with Crippen molar-refractivity contribution >= 4 is 17.2 Å². The summed E-state index contributed by atoms with van der Waals surface area (Å²) in [5.74, 6) is 0.218. The van der Waals surface area contributed by atoms with E-state index in [1.54, 1.807) is 11.3 Å². The molecular formula is C18H31N3OS. The number of thiazole rings is 1. The summed E-state index contributed by atoms with van der Waals surface area (Å²) < 4.78 is 0. The van der Waals surface area contributed by atoms with Crippen LogP contribution in [0.4, 0.5) is 0 Å². The van der Waals surface area contributed by atoms with Gasteiger partial charge in [-0.25, -0.2) is 4.98 Å². The zero-order valence-corrected chi connectivity index (χ0v) is 15.8. The first-order valence-corrected chi connectivity index (χ1v) is 9.66. The molecule has 1 fully saturated rings. The molecule has 4 nitrogen and oxygen atoms in total. The average Bonchev–Trinajstić information content (AvgIpc) is 2.95. The van der Waals surface area contributed by atoms with Crippen molar-refractivity contribution in [2.24, 2.45) is 11.1 Å². The number of hydrogen-bond donors (Lipinski definition) is 1. The molecule has 0 aromatic carbocycles. The predicted molar refractivity (Wildman–Crippen MR) is 96.6 cm³/mol. The maximum Gasteiger partial charge on any atom is 0.223 e. The van der Waals surface area contributed by atoms with Crippen LogP contribution >= 0.6 is 11.3 Å². The molecular weight excluding hydrogens is 306 g/mol. The summed E-state index contributed by atoms with van der Waals surface area (Å²) in [6.07, 6.45) is 7.42. The molecule has 0 bridgehead atoms. The molecule has 1 aromatic heterocycles. The van der Waals surface area contributed by atoms with Crippen LogP contribution in [0.15, 0.2) is 0 Å². The highest BCUT2D eigenvalue weighted by molar-refractivity contribution is 7.11. The third-order valence-corrected chi connectivity index (χ3v) is 6.88. The number of carbonyl (C=O) groups is 1. The summed E-state index contributed by atoms with van der Waals surface area (Å²) in [4.78, 5) is 20.5. The van der Waals surface area contributed by atoms with Crippen LogP contribution in [0.3, 0.4) is 0 Å². The number of rotatable bonds is 6. The highest BCUT2D eigenvalue weighted by atomic mass is 32.1. The molecule has 1 aromatic rings. The van der Waals surface area contributed by atoms with Crippen LogP contribution < -0.4 is 5.73 Å². The van der Waals surface area contributed by atoms with E-state index in [1.807, 2.05) is 18.9 Å². The van der Waals surface area contributed by atoms with Crippen LogP contribution in [0, 0.1) is 12.3 Å². The maximum absolute atomic E-state index is 12.8. The fourth-order valence-corrected chi connectivity index (χ4v) is 4.70. The Kier molecular flexibility index (Phi) is 6.20. The minimum Gasteiger partial charge on any atom is -0.338 e. The molecule has 1 aliphatic rings. The molecule has 5 heteroatoms. The van der Waals surface area contributed by atoms with Gasteiger partial charge in [0.05, 0.1) is 16.7 Å². The van der Waals surface area contributed by atoms with E-state index < -0.39 is 0 Å². The molecule has 1 heterocycles. The zero-order chi connectivity index (χ0) is 17.0. The number of nitrogens with zero attached hydrogens (tertiary/aromatic N) is 2. The zero-order valence-electron chi connectivity index (χ0n) is 15.0. The van der Waals surface area contributed by atoms with Crippen LogP contribution in [0.25, 0.3) is 0 Å². The van der Waals surface area contributed by atoms with Crippen molar-refractivity contribution in [3.8, 4) is 0 Å². The third-order valence-electron chi connectivity index (χ3n) is 5.41. The van der Waals surface area contributed by atoms with Gasteiger partial charge in [0.15, 0.2) is 0 Å². The van der Waals surface area contributed by atoms with Gasteiger partial charge < -0.3 is 10.6 Å². The molecule has 2 N–H and O–H groups in total. The SMILES string of the molecule is CCc1nc(C)c(C(C)N(C)C(=O)CC2(CN)CCCCC2)s1. The minimum absolute atomic E-state index is 0.0284. The smallest absolute Gasteiger partial charge is 0.223 e. The van der Waals surface area contributed by atoms with Crippen LogP contribution in [0.5, 0.6) is 0 Å². The van der Waals surface area contributed by atoms with E-state index in [0.717, 1.165) is 30.0 Å². The van der Waals surface area contributed by atoms with E-state index in [0.29, 0.717) is 13.0 Å². The molecule has 0 saturated heterocycles. The molecule has 23 heavy (non-hydrogen) atoms. The Morgan fingerprint density at radius 1 is 1.39 bits per heavy atom. The summed E-state index contributed by atoms with van der Waals surface area (Å²) in [5.41, 5.74) is 7.13. The van der Waals surface area contributed by atoms with Gasteiger partial charge in [0.1, 0.15) is 0 Å². The number of hydrogen-bond acceptors (Lipinski definition) is 4. The first kappa shape index (κ1) is 18.4. The summed E-state index contributed by atoms with van der Waals surface area (Å²) in [5, 5.41) is 1.15. The van der Waals surface area contributed by atoms with E-state index in [-0.39, 0.29) is 17.4 Å². The van der Waals surface area contributed by atoms with E-state index >= 15 is 0 Å². The summed E-state index contributed by atoms with van der Waals surface area (Å²) in [6.45, 7) is 6.90. The second kappa shape index (κ2) is 7.75. The second-order valence-corrected chi connectivity index (χ2v) is 8.15. The number of aryl methyl sites for hydroxylation is 2. The summed E-state index contributed by atoms with van der Waals surface area (Å²) >= 11 is 1.73. The van der Waals surface area contributed by atoms with Crippen molar-refractivity contribution in [3.05, 3.63) is 15.6 Å². The normalized spacial score (nSPS) is 18.7. The lowest BCUT2D eigenvalue weighted by Gasteiger charge is -2.37. The first-order valence-electron chi connectivity index (χ1n) is 8.84. The highest BCUT2D eigenvalue weighted by Gasteiger charge is 2.35. The highest BCUT2D eigenvalue weighted by Crippen LogP contribution is 2.39. The molecule has 0 spiro atoms. The van der Waals surface area contributed by atoms with Gasteiger partial charge in [0.2, 0.25) is 5.91 Å². The van der Waals surface area contributed by atoms with E-state index in [1.165, 1.54) is 24.1 Å². The Morgan fingerprint density at radius 2 is 2.04 bits per heavy atom. The van der Waals surface area contributed by atoms with Gasteiger partial charge in [0, 0.05) is 18.3 Å². The van der Waals surface area contributed by atoms with Gasteiger partial charge in [-0.1, -0.05) is 26.2 Å². The lowest BCUT2D eigenvalue weighted by molar-refractivity contribution is -0.134. The number of carbonyl (C=O) groups excluding carboxylic acids is 1. The minimum atomic E-state index is 0.0284. The van der Waals surface area contributed by atoms with Gasteiger partial charge in [-0.2, -0.15) is 0 Å². The van der Waals surface area contributed by atoms with Crippen LogP contribution in [0.2, 0.25) is 0 Å². The molecule has 1 aliphatic carbocycles.